The van der Waals surface area contributed by atoms with Crippen LogP contribution in [0.25, 0.3) is 0 Å². The van der Waals surface area contributed by atoms with Gasteiger partial charge in [-0.15, -0.1) is 10.2 Å². The zero-order chi connectivity index (χ0) is 17.8. The summed E-state index contributed by atoms with van der Waals surface area (Å²) in [6.45, 7) is 1.90. The summed E-state index contributed by atoms with van der Waals surface area (Å²) in [6.07, 6.45) is 6.45. The molecule has 2 aromatic rings. The van der Waals surface area contributed by atoms with Gasteiger partial charge in [-0.25, -0.2) is 0 Å². The molecule has 1 atom stereocenters. The number of rotatable bonds is 6. The number of nitrogens with zero attached hydrogens (tertiary/aromatic N) is 4. The SMILES string of the molecule is COc1ccc(C(=O)N[C@H](C)c2nncn2C2CCCC2)c(OC)n1. The first kappa shape index (κ1) is 17.2. The maximum absolute atomic E-state index is 12.6. The van der Waals surface area contributed by atoms with Crippen LogP contribution in [-0.4, -0.2) is 39.9 Å². The van der Waals surface area contributed by atoms with Gasteiger partial charge in [0, 0.05) is 12.1 Å². The van der Waals surface area contributed by atoms with Gasteiger partial charge in [0.25, 0.3) is 5.91 Å². The number of ether oxygens (including phenoxy) is 2. The lowest BCUT2D eigenvalue weighted by molar-refractivity contribution is 0.0933. The molecule has 0 bridgehead atoms. The fourth-order valence-electron chi connectivity index (χ4n) is 3.23. The minimum absolute atomic E-state index is 0.223. The first-order chi connectivity index (χ1) is 12.1. The Kier molecular flexibility index (Phi) is 5.16. The summed E-state index contributed by atoms with van der Waals surface area (Å²) in [7, 11) is 2.98. The zero-order valence-electron chi connectivity index (χ0n) is 14.7. The van der Waals surface area contributed by atoms with Crippen molar-refractivity contribution in [2.45, 2.75) is 44.7 Å². The van der Waals surface area contributed by atoms with Crippen molar-refractivity contribution >= 4 is 5.91 Å². The molecule has 0 saturated heterocycles. The number of methoxy groups -OCH3 is 2. The molecule has 1 saturated carbocycles. The van der Waals surface area contributed by atoms with Crippen LogP contribution in [0.3, 0.4) is 0 Å². The summed E-state index contributed by atoms with van der Waals surface area (Å²) in [4.78, 5) is 16.8. The van der Waals surface area contributed by atoms with Crippen molar-refractivity contribution in [2.24, 2.45) is 0 Å². The van der Waals surface area contributed by atoms with Crippen molar-refractivity contribution in [1.29, 1.82) is 0 Å². The predicted octanol–water partition coefficient (Wildman–Crippen LogP) is 2.30. The van der Waals surface area contributed by atoms with Crippen LogP contribution in [-0.2, 0) is 0 Å². The topological polar surface area (TPSA) is 91.2 Å². The highest BCUT2D eigenvalue weighted by Gasteiger charge is 2.24. The van der Waals surface area contributed by atoms with Gasteiger partial charge in [-0.2, -0.15) is 4.98 Å². The van der Waals surface area contributed by atoms with Gasteiger partial charge in [0.05, 0.1) is 20.3 Å². The molecule has 2 aromatic heterocycles. The average molecular weight is 345 g/mol. The molecule has 0 aliphatic heterocycles. The van der Waals surface area contributed by atoms with E-state index < -0.39 is 0 Å². The van der Waals surface area contributed by atoms with Crippen LogP contribution in [0.5, 0.6) is 11.8 Å². The number of hydrogen-bond acceptors (Lipinski definition) is 6. The Hall–Kier alpha value is -2.64. The summed E-state index contributed by atoms with van der Waals surface area (Å²) in [6, 6.07) is 3.40. The molecule has 2 heterocycles. The summed E-state index contributed by atoms with van der Waals surface area (Å²) in [5, 5.41) is 11.2. The highest BCUT2D eigenvalue weighted by Crippen LogP contribution is 2.31. The number of aromatic nitrogens is 4. The molecular weight excluding hydrogens is 322 g/mol. The molecule has 1 aliphatic carbocycles. The van der Waals surface area contributed by atoms with Gasteiger partial charge in [0.15, 0.2) is 5.82 Å². The van der Waals surface area contributed by atoms with E-state index >= 15 is 0 Å². The van der Waals surface area contributed by atoms with E-state index in [4.69, 9.17) is 9.47 Å². The zero-order valence-corrected chi connectivity index (χ0v) is 14.7. The molecule has 3 rings (SSSR count). The molecule has 8 nitrogen and oxygen atoms in total. The Labute approximate surface area is 146 Å². The molecule has 1 aliphatic rings. The van der Waals surface area contributed by atoms with E-state index in [0.717, 1.165) is 18.7 Å². The summed E-state index contributed by atoms with van der Waals surface area (Å²) in [5.74, 6) is 1.10. The van der Waals surface area contributed by atoms with E-state index in [0.29, 0.717) is 17.5 Å². The number of pyridine rings is 1. The van der Waals surface area contributed by atoms with Crippen LogP contribution in [0, 0.1) is 0 Å². The summed E-state index contributed by atoms with van der Waals surface area (Å²) >= 11 is 0. The highest BCUT2D eigenvalue weighted by atomic mass is 16.5. The minimum Gasteiger partial charge on any atom is -0.481 e. The maximum atomic E-state index is 12.6. The molecule has 8 heteroatoms. The van der Waals surface area contributed by atoms with E-state index in [1.54, 1.807) is 18.5 Å². The molecule has 0 unspecified atom stereocenters. The van der Waals surface area contributed by atoms with Crippen molar-refractivity contribution in [3.63, 3.8) is 0 Å². The maximum Gasteiger partial charge on any atom is 0.257 e. The second kappa shape index (κ2) is 7.50. The number of nitrogens with one attached hydrogen (secondary N) is 1. The first-order valence-corrected chi connectivity index (χ1v) is 8.43. The Morgan fingerprint density at radius 1 is 1.28 bits per heavy atom. The Morgan fingerprint density at radius 3 is 2.72 bits per heavy atom. The largest absolute Gasteiger partial charge is 0.481 e. The van der Waals surface area contributed by atoms with E-state index in [9.17, 15) is 4.79 Å². The van der Waals surface area contributed by atoms with Gasteiger partial charge in [-0.3, -0.25) is 4.79 Å². The molecule has 0 aromatic carbocycles. The smallest absolute Gasteiger partial charge is 0.257 e. The Morgan fingerprint density at radius 2 is 2.04 bits per heavy atom. The highest BCUT2D eigenvalue weighted by molar-refractivity contribution is 5.96. The average Bonchev–Trinajstić information content (AvgIpc) is 3.31. The van der Waals surface area contributed by atoms with Crippen LogP contribution in [0.2, 0.25) is 0 Å². The lowest BCUT2D eigenvalue weighted by Gasteiger charge is -2.19. The van der Waals surface area contributed by atoms with Gasteiger partial charge >= 0.3 is 0 Å². The van der Waals surface area contributed by atoms with E-state index in [1.807, 2.05) is 6.92 Å². The normalized spacial score (nSPS) is 15.8. The molecule has 0 spiro atoms. The predicted molar refractivity (Wildman–Crippen MR) is 90.7 cm³/mol. The molecule has 1 fully saturated rings. The number of hydrogen-bond donors (Lipinski definition) is 1. The Bertz CT molecular complexity index is 740. The fourth-order valence-corrected chi connectivity index (χ4v) is 3.23. The van der Waals surface area contributed by atoms with Gasteiger partial charge in [0.1, 0.15) is 11.9 Å². The van der Waals surface area contributed by atoms with Crippen LogP contribution >= 0.6 is 0 Å². The van der Waals surface area contributed by atoms with E-state index in [1.165, 1.54) is 27.1 Å². The molecule has 1 N–H and O–H groups in total. The van der Waals surface area contributed by atoms with Gasteiger partial charge in [-0.1, -0.05) is 12.8 Å². The van der Waals surface area contributed by atoms with E-state index in [-0.39, 0.29) is 17.8 Å². The lowest BCUT2D eigenvalue weighted by atomic mass is 10.2. The van der Waals surface area contributed by atoms with Crippen molar-refractivity contribution < 1.29 is 14.3 Å². The van der Waals surface area contributed by atoms with Gasteiger partial charge in [0.2, 0.25) is 11.8 Å². The molecular formula is C17H23N5O3. The van der Waals surface area contributed by atoms with Gasteiger partial charge < -0.3 is 19.4 Å². The third-order valence-corrected chi connectivity index (χ3v) is 4.54. The summed E-state index contributed by atoms with van der Waals surface area (Å²) < 4.78 is 12.3. The minimum atomic E-state index is -0.277. The molecule has 0 radical (unpaired) electrons. The number of carbonyl (C=O) groups is 1. The van der Waals surface area contributed by atoms with Crippen LogP contribution in [0.15, 0.2) is 18.5 Å². The second-order valence-electron chi connectivity index (χ2n) is 6.14. The van der Waals surface area contributed by atoms with Crippen LogP contribution < -0.4 is 14.8 Å². The van der Waals surface area contributed by atoms with Crippen molar-refractivity contribution in [2.75, 3.05) is 14.2 Å². The summed E-state index contributed by atoms with van der Waals surface area (Å²) in [5.41, 5.74) is 0.349. The van der Waals surface area contributed by atoms with Crippen molar-refractivity contribution in [3.8, 4) is 11.8 Å². The molecule has 134 valence electrons. The fraction of sp³-hybridized carbons (Fsp3) is 0.529. The lowest BCUT2D eigenvalue weighted by Crippen LogP contribution is -2.29. The second-order valence-corrected chi connectivity index (χ2v) is 6.14. The van der Waals surface area contributed by atoms with E-state index in [2.05, 4.69) is 25.1 Å². The Balaban J connectivity index is 1.76. The quantitative estimate of drug-likeness (QED) is 0.864. The third kappa shape index (κ3) is 3.57. The number of amides is 1. The van der Waals surface area contributed by atoms with Crippen molar-refractivity contribution in [1.82, 2.24) is 25.1 Å². The number of carbonyl (C=O) groups excluding carboxylic acids is 1. The third-order valence-electron chi connectivity index (χ3n) is 4.54. The monoisotopic (exact) mass is 345 g/mol. The molecule has 1 amide bonds. The van der Waals surface area contributed by atoms with Crippen LogP contribution in [0.4, 0.5) is 0 Å². The van der Waals surface area contributed by atoms with Gasteiger partial charge in [-0.05, 0) is 25.8 Å². The molecule has 25 heavy (non-hydrogen) atoms. The van der Waals surface area contributed by atoms with Crippen LogP contribution in [0.1, 0.15) is 60.9 Å². The van der Waals surface area contributed by atoms with Crippen molar-refractivity contribution in [3.05, 3.63) is 29.8 Å². The standard InChI is InChI=1S/C17H23N5O3/c1-11(15-21-18-10-22(15)12-6-4-5-7-12)19-16(23)13-8-9-14(24-2)20-17(13)25-3/h8-12H,4-7H2,1-3H3,(H,19,23)/t11-/m1/s1. The first-order valence-electron chi connectivity index (χ1n) is 8.43.